The second kappa shape index (κ2) is 5.13. The van der Waals surface area contributed by atoms with E-state index >= 15 is 0 Å². The molecular weight excluding hydrogens is 298 g/mol. The predicted molar refractivity (Wildman–Crippen MR) is 79.9 cm³/mol. The van der Waals surface area contributed by atoms with Gasteiger partial charge in [0.2, 0.25) is 6.79 Å². The summed E-state index contributed by atoms with van der Waals surface area (Å²) in [6.45, 7) is 0.224. The number of benzene rings is 2. The Labute approximate surface area is 130 Å². The molecule has 0 saturated carbocycles. The van der Waals surface area contributed by atoms with Gasteiger partial charge in [-0.25, -0.2) is 9.48 Å². The summed E-state index contributed by atoms with van der Waals surface area (Å²) in [5, 5.41) is 17.1. The van der Waals surface area contributed by atoms with E-state index in [1.807, 2.05) is 18.2 Å². The third-order valence-corrected chi connectivity index (χ3v) is 3.54. The highest BCUT2D eigenvalue weighted by atomic mass is 16.7. The van der Waals surface area contributed by atoms with Crippen LogP contribution in [0.2, 0.25) is 0 Å². The highest BCUT2D eigenvalue weighted by Gasteiger charge is 2.15. The molecule has 2 aromatic carbocycles. The highest BCUT2D eigenvalue weighted by molar-refractivity contribution is 5.87. The summed E-state index contributed by atoms with van der Waals surface area (Å²) < 4.78 is 12.2. The molecule has 2 heterocycles. The molecule has 3 aromatic rings. The number of hydrogen-bond acceptors (Lipinski definition) is 5. The van der Waals surface area contributed by atoms with Crippen LogP contribution in [0.4, 0.5) is 0 Å². The molecular formula is C16H11N3O4. The number of aromatic carboxylic acids is 1. The number of hydrogen-bond donors (Lipinski definition) is 1. The first-order chi connectivity index (χ1) is 11.2. The van der Waals surface area contributed by atoms with Crippen LogP contribution in [0.25, 0.3) is 16.9 Å². The third kappa shape index (κ3) is 2.38. The van der Waals surface area contributed by atoms with E-state index in [2.05, 4.69) is 10.3 Å². The summed E-state index contributed by atoms with van der Waals surface area (Å²) in [5.74, 6) is 0.435. The number of carbonyl (C=O) groups is 1. The number of fused-ring (bicyclic) bond motifs is 1. The van der Waals surface area contributed by atoms with Crippen LogP contribution in [-0.4, -0.2) is 32.9 Å². The van der Waals surface area contributed by atoms with Crippen molar-refractivity contribution < 1.29 is 19.4 Å². The molecule has 0 bridgehead atoms. The largest absolute Gasteiger partial charge is 0.478 e. The molecule has 0 aliphatic carbocycles. The molecule has 1 aliphatic rings. The summed E-state index contributed by atoms with van der Waals surface area (Å²) >= 11 is 0. The van der Waals surface area contributed by atoms with Gasteiger partial charge >= 0.3 is 5.97 Å². The molecule has 0 amide bonds. The van der Waals surface area contributed by atoms with E-state index in [1.54, 1.807) is 23.0 Å². The molecule has 0 atom stereocenters. The van der Waals surface area contributed by atoms with Gasteiger partial charge in [-0.05, 0) is 42.5 Å². The van der Waals surface area contributed by atoms with Crippen molar-refractivity contribution in [2.75, 3.05) is 6.79 Å². The maximum absolute atomic E-state index is 10.9. The predicted octanol–water partition coefficient (Wildman–Crippen LogP) is 2.36. The SMILES string of the molecule is O=C(O)c1ccc(-n2cc(-c3ccc4c(c3)OCO4)nn2)cc1. The fourth-order valence-corrected chi connectivity index (χ4v) is 2.33. The van der Waals surface area contributed by atoms with Crippen molar-refractivity contribution in [2.24, 2.45) is 0 Å². The lowest BCUT2D eigenvalue weighted by Crippen LogP contribution is -1.98. The summed E-state index contributed by atoms with van der Waals surface area (Å²) in [5.41, 5.74) is 2.51. The van der Waals surface area contributed by atoms with Crippen molar-refractivity contribution in [1.82, 2.24) is 15.0 Å². The molecule has 0 unspecified atom stereocenters. The number of aromatic nitrogens is 3. The van der Waals surface area contributed by atoms with Crippen LogP contribution >= 0.6 is 0 Å². The Morgan fingerprint density at radius 2 is 1.87 bits per heavy atom. The van der Waals surface area contributed by atoms with E-state index in [1.165, 1.54) is 12.1 Å². The number of ether oxygens (including phenoxy) is 2. The van der Waals surface area contributed by atoms with Crippen molar-refractivity contribution in [1.29, 1.82) is 0 Å². The average molecular weight is 309 g/mol. The van der Waals surface area contributed by atoms with Gasteiger partial charge in [0.05, 0.1) is 17.4 Å². The quantitative estimate of drug-likeness (QED) is 0.799. The van der Waals surface area contributed by atoms with Crippen molar-refractivity contribution in [2.45, 2.75) is 0 Å². The topological polar surface area (TPSA) is 86.5 Å². The fraction of sp³-hybridized carbons (Fsp3) is 0.0625. The number of carboxylic acids is 1. The molecule has 0 saturated heterocycles. The number of nitrogens with zero attached hydrogens (tertiary/aromatic N) is 3. The van der Waals surface area contributed by atoms with Gasteiger partial charge in [-0.1, -0.05) is 5.21 Å². The van der Waals surface area contributed by atoms with Gasteiger partial charge < -0.3 is 14.6 Å². The normalized spacial score (nSPS) is 12.3. The Balaban J connectivity index is 1.65. The van der Waals surface area contributed by atoms with Crippen molar-refractivity contribution >= 4 is 5.97 Å². The molecule has 0 fully saturated rings. The minimum Gasteiger partial charge on any atom is -0.478 e. The third-order valence-electron chi connectivity index (χ3n) is 3.54. The van der Waals surface area contributed by atoms with Crippen LogP contribution in [0.15, 0.2) is 48.7 Å². The fourth-order valence-electron chi connectivity index (χ4n) is 2.33. The minimum atomic E-state index is -0.962. The molecule has 4 rings (SSSR count). The molecule has 23 heavy (non-hydrogen) atoms. The molecule has 1 aromatic heterocycles. The Bertz CT molecular complexity index is 887. The summed E-state index contributed by atoms with van der Waals surface area (Å²) in [6.07, 6.45) is 1.77. The minimum absolute atomic E-state index is 0.224. The molecule has 1 aliphatic heterocycles. The van der Waals surface area contributed by atoms with Crippen molar-refractivity contribution in [3.05, 3.63) is 54.2 Å². The van der Waals surface area contributed by atoms with Gasteiger partial charge in [0.15, 0.2) is 11.5 Å². The van der Waals surface area contributed by atoms with Crippen molar-refractivity contribution in [3.8, 4) is 28.4 Å². The van der Waals surface area contributed by atoms with Crippen LogP contribution in [0.5, 0.6) is 11.5 Å². The Hall–Kier alpha value is -3.35. The van der Waals surface area contributed by atoms with Crippen LogP contribution in [0.3, 0.4) is 0 Å². The maximum Gasteiger partial charge on any atom is 0.335 e. The lowest BCUT2D eigenvalue weighted by Gasteiger charge is -2.01. The van der Waals surface area contributed by atoms with Gasteiger partial charge in [0, 0.05) is 5.56 Å². The van der Waals surface area contributed by atoms with E-state index in [0.717, 1.165) is 11.3 Å². The van der Waals surface area contributed by atoms with E-state index in [-0.39, 0.29) is 12.4 Å². The van der Waals surface area contributed by atoms with E-state index in [4.69, 9.17) is 14.6 Å². The maximum atomic E-state index is 10.9. The number of carboxylic acid groups (broad SMARTS) is 1. The zero-order chi connectivity index (χ0) is 15.8. The number of rotatable bonds is 3. The molecule has 7 heteroatoms. The van der Waals surface area contributed by atoms with Crippen LogP contribution in [0.1, 0.15) is 10.4 Å². The first-order valence-corrected chi connectivity index (χ1v) is 6.87. The Morgan fingerprint density at radius 3 is 2.65 bits per heavy atom. The Morgan fingerprint density at radius 1 is 1.09 bits per heavy atom. The summed E-state index contributed by atoms with van der Waals surface area (Å²) in [4.78, 5) is 10.9. The van der Waals surface area contributed by atoms with Gasteiger partial charge in [-0.2, -0.15) is 0 Å². The average Bonchev–Trinajstić information content (AvgIpc) is 3.23. The molecule has 0 radical (unpaired) electrons. The molecule has 1 N–H and O–H groups in total. The van der Waals surface area contributed by atoms with Crippen LogP contribution in [-0.2, 0) is 0 Å². The zero-order valence-electron chi connectivity index (χ0n) is 11.8. The molecule has 7 nitrogen and oxygen atoms in total. The smallest absolute Gasteiger partial charge is 0.335 e. The van der Waals surface area contributed by atoms with E-state index in [9.17, 15) is 4.79 Å². The van der Waals surface area contributed by atoms with Gasteiger partial charge in [0.25, 0.3) is 0 Å². The summed E-state index contributed by atoms with van der Waals surface area (Å²) in [7, 11) is 0. The zero-order valence-corrected chi connectivity index (χ0v) is 11.8. The van der Waals surface area contributed by atoms with Crippen LogP contribution < -0.4 is 9.47 Å². The van der Waals surface area contributed by atoms with E-state index < -0.39 is 5.97 Å². The highest BCUT2D eigenvalue weighted by Crippen LogP contribution is 2.35. The standard InChI is InChI=1S/C16H11N3O4/c20-16(21)10-1-4-12(5-2-10)19-8-13(17-18-19)11-3-6-14-15(7-11)23-9-22-14/h1-8H,9H2,(H,20,21). The lowest BCUT2D eigenvalue weighted by molar-refractivity contribution is 0.0697. The first-order valence-electron chi connectivity index (χ1n) is 6.87. The second-order valence-corrected chi connectivity index (χ2v) is 4.97. The van der Waals surface area contributed by atoms with Gasteiger partial charge in [0.1, 0.15) is 5.69 Å². The molecule has 114 valence electrons. The van der Waals surface area contributed by atoms with E-state index in [0.29, 0.717) is 17.2 Å². The monoisotopic (exact) mass is 309 g/mol. The molecule has 0 spiro atoms. The first kappa shape index (κ1) is 13.3. The second-order valence-electron chi connectivity index (χ2n) is 4.97. The van der Waals surface area contributed by atoms with Gasteiger partial charge in [-0.3, -0.25) is 0 Å². The van der Waals surface area contributed by atoms with Gasteiger partial charge in [-0.15, -0.1) is 5.10 Å². The van der Waals surface area contributed by atoms with Crippen LogP contribution in [0, 0.1) is 0 Å². The van der Waals surface area contributed by atoms with Crippen molar-refractivity contribution in [3.63, 3.8) is 0 Å². The summed E-state index contributed by atoms with van der Waals surface area (Å²) in [6, 6.07) is 12.0. The Kier molecular flexibility index (Phi) is 2.97. The lowest BCUT2D eigenvalue weighted by atomic mass is 10.1.